The van der Waals surface area contributed by atoms with E-state index in [0.29, 0.717) is 11.8 Å². The van der Waals surface area contributed by atoms with Crippen LogP contribution in [0.1, 0.15) is 101 Å². The molecule has 29 heavy (non-hydrogen) atoms. The van der Waals surface area contributed by atoms with Gasteiger partial charge in [-0.05, 0) is 60.8 Å². The van der Waals surface area contributed by atoms with Crippen LogP contribution in [0, 0.1) is 25.7 Å². The van der Waals surface area contributed by atoms with E-state index in [1.54, 1.807) is 11.1 Å². The maximum atomic E-state index is 2.55. The second-order valence-electron chi connectivity index (χ2n) is 9.46. The fourth-order valence-corrected chi connectivity index (χ4v) is 6.24. The number of rotatable bonds is 10. The quantitative estimate of drug-likeness (QED) is 0.379. The molecule has 0 aromatic heterocycles. The molecule has 0 radical (unpaired) electrons. The van der Waals surface area contributed by atoms with E-state index in [1.165, 1.54) is 73.6 Å². The highest BCUT2D eigenvalue weighted by molar-refractivity contribution is 5.82. The van der Waals surface area contributed by atoms with Gasteiger partial charge < -0.3 is 0 Å². The zero-order chi connectivity index (χ0) is 21.0. The fraction of sp³-hybridized carbons (Fsp3) is 0.586. The first-order valence-electron chi connectivity index (χ1n) is 12.3. The summed E-state index contributed by atoms with van der Waals surface area (Å²) in [7, 11) is 0. The number of fused-ring (bicyclic) bond motifs is 3. The summed E-state index contributed by atoms with van der Waals surface area (Å²) >= 11 is 0. The molecule has 0 saturated carbocycles. The van der Waals surface area contributed by atoms with Crippen molar-refractivity contribution in [1.82, 2.24) is 0 Å². The van der Waals surface area contributed by atoms with Crippen molar-refractivity contribution >= 4 is 0 Å². The molecule has 0 amide bonds. The predicted octanol–water partition coefficient (Wildman–Crippen LogP) is 9.00. The van der Waals surface area contributed by atoms with Gasteiger partial charge in [-0.15, -0.1) is 0 Å². The van der Waals surface area contributed by atoms with Gasteiger partial charge in [0.1, 0.15) is 0 Å². The lowest BCUT2D eigenvalue weighted by atomic mass is 9.57. The molecule has 1 aliphatic carbocycles. The fourth-order valence-electron chi connectivity index (χ4n) is 6.24. The minimum Gasteiger partial charge on any atom is -0.0654 e. The molecule has 0 heterocycles. The molecule has 0 nitrogen and oxygen atoms in total. The molecule has 2 aromatic rings. The van der Waals surface area contributed by atoms with Gasteiger partial charge in [0.25, 0.3) is 0 Å². The molecule has 1 aliphatic rings. The lowest BCUT2D eigenvalue weighted by Gasteiger charge is -2.46. The van der Waals surface area contributed by atoms with Crippen molar-refractivity contribution in [3.8, 4) is 11.1 Å². The van der Waals surface area contributed by atoms with Crippen LogP contribution in [0.2, 0.25) is 0 Å². The van der Waals surface area contributed by atoms with Crippen LogP contribution in [-0.4, -0.2) is 0 Å². The molecule has 0 aliphatic heterocycles. The van der Waals surface area contributed by atoms with E-state index in [2.05, 4.69) is 77.9 Å². The largest absolute Gasteiger partial charge is 0.0654 e. The van der Waals surface area contributed by atoms with Gasteiger partial charge in [-0.2, -0.15) is 0 Å². The smallest absolute Gasteiger partial charge is 0.0271 e. The highest BCUT2D eigenvalue weighted by Gasteiger charge is 2.51. The number of unbranched alkanes of at least 4 members (excludes halogenated alkanes) is 2. The minimum atomic E-state index is 0.177. The molecule has 0 heteroatoms. The Morgan fingerprint density at radius 2 is 1.07 bits per heavy atom. The SMILES string of the molecule is CCCCC(CC)C1(C(CC)CCCC)c2cc(C)ccc2-c2ccc(C)cc21. The van der Waals surface area contributed by atoms with Crippen molar-refractivity contribution in [3.05, 3.63) is 58.7 Å². The summed E-state index contributed by atoms with van der Waals surface area (Å²) in [6.07, 6.45) is 10.5. The second kappa shape index (κ2) is 9.50. The van der Waals surface area contributed by atoms with Gasteiger partial charge in [0, 0.05) is 5.41 Å². The van der Waals surface area contributed by atoms with Crippen LogP contribution in [0.15, 0.2) is 36.4 Å². The van der Waals surface area contributed by atoms with Gasteiger partial charge >= 0.3 is 0 Å². The molecule has 2 atom stereocenters. The molecule has 2 aromatic carbocycles. The van der Waals surface area contributed by atoms with Gasteiger partial charge in [0.2, 0.25) is 0 Å². The molecule has 0 N–H and O–H groups in total. The Morgan fingerprint density at radius 1 is 0.655 bits per heavy atom. The van der Waals surface area contributed by atoms with E-state index in [1.807, 2.05) is 0 Å². The summed E-state index contributed by atoms with van der Waals surface area (Å²) in [6, 6.07) is 14.6. The highest BCUT2D eigenvalue weighted by Crippen LogP contribution is 2.60. The van der Waals surface area contributed by atoms with Gasteiger partial charge in [-0.1, -0.05) is 114 Å². The molecule has 2 unspecified atom stereocenters. The first-order valence-corrected chi connectivity index (χ1v) is 12.3. The van der Waals surface area contributed by atoms with Crippen LogP contribution < -0.4 is 0 Å². The third-order valence-electron chi connectivity index (χ3n) is 7.62. The van der Waals surface area contributed by atoms with Crippen LogP contribution in [0.3, 0.4) is 0 Å². The lowest BCUT2D eigenvalue weighted by Crippen LogP contribution is -2.42. The Kier molecular flexibility index (Phi) is 7.25. The average molecular weight is 391 g/mol. The van der Waals surface area contributed by atoms with Crippen LogP contribution in [-0.2, 0) is 5.41 Å². The Morgan fingerprint density at radius 3 is 1.41 bits per heavy atom. The van der Waals surface area contributed by atoms with E-state index in [4.69, 9.17) is 0 Å². The molecular weight excluding hydrogens is 348 g/mol. The predicted molar refractivity (Wildman–Crippen MR) is 129 cm³/mol. The Labute approximate surface area is 180 Å². The van der Waals surface area contributed by atoms with Crippen LogP contribution in [0.5, 0.6) is 0 Å². The van der Waals surface area contributed by atoms with Crippen molar-refractivity contribution in [2.75, 3.05) is 0 Å². The van der Waals surface area contributed by atoms with Crippen molar-refractivity contribution < 1.29 is 0 Å². The molecule has 0 fully saturated rings. The van der Waals surface area contributed by atoms with Crippen molar-refractivity contribution in [3.63, 3.8) is 0 Å². The number of aryl methyl sites for hydroxylation is 2. The number of hydrogen-bond acceptors (Lipinski definition) is 0. The third-order valence-corrected chi connectivity index (χ3v) is 7.62. The van der Waals surface area contributed by atoms with Gasteiger partial charge in [-0.3, -0.25) is 0 Å². The zero-order valence-electron chi connectivity index (χ0n) is 19.8. The third kappa shape index (κ3) is 3.80. The molecular formula is C29H42. The van der Waals surface area contributed by atoms with Gasteiger partial charge in [-0.25, -0.2) is 0 Å². The summed E-state index contributed by atoms with van der Waals surface area (Å²) in [6.45, 7) is 14.1. The highest BCUT2D eigenvalue weighted by atomic mass is 14.5. The van der Waals surface area contributed by atoms with Crippen LogP contribution in [0.25, 0.3) is 11.1 Å². The van der Waals surface area contributed by atoms with E-state index >= 15 is 0 Å². The molecule has 0 saturated heterocycles. The van der Waals surface area contributed by atoms with Crippen molar-refractivity contribution in [1.29, 1.82) is 0 Å². The maximum absolute atomic E-state index is 2.55. The zero-order valence-corrected chi connectivity index (χ0v) is 19.8. The number of hydrogen-bond donors (Lipinski definition) is 0. The molecule has 0 spiro atoms. The van der Waals surface area contributed by atoms with Crippen LogP contribution >= 0.6 is 0 Å². The van der Waals surface area contributed by atoms with E-state index in [9.17, 15) is 0 Å². The standard InChI is InChI=1S/C29H42/c1-7-11-13-23(9-3)29(24(10-4)14-12-8-2)27-19-21(5)15-17-25(27)26-18-16-22(6)20-28(26)29/h15-20,23-24H,7-14H2,1-6H3. The first kappa shape index (κ1) is 22.1. The average Bonchev–Trinajstić information content (AvgIpc) is 2.99. The van der Waals surface area contributed by atoms with Crippen molar-refractivity contribution in [2.24, 2.45) is 11.8 Å². The minimum absolute atomic E-state index is 0.177. The van der Waals surface area contributed by atoms with E-state index in [-0.39, 0.29) is 5.41 Å². The monoisotopic (exact) mass is 390 g/mol. The second-order valence-corrected chi connectivity index (χ2v) is 9.46. The summed E-state index contributed by atoms with van der Waals surface area (Å²) in [4.78, 5) is 0. The van der Waals surface area contributed by atoms with E-state index < -0.39 is 0 Å². The van der Waals surface area contributed by atoms with E-state index in [0.717, 1.165) is 0 Å². The summed E-state index contributed by atoms with van der Waals surface area (Å²) in [5.74, 6) is 1.43. The van der Waals surface area contributed by atoms with Crippen molar-refractivity contribution in [2.45, 2.75) is 98.3 Å². The summed E-state index contributed by atoms with van der Waals surface area (Å²) in [5, 5.41) is 0. The first-order chi connectivity index (χ1) is 14.0. The molecule has 0 bridgehead atoms. The summed E-state index contributed by atoms with van der Waals surface area (Å²) in [5.41, 5.74) is 9.30. The molecule has 158 valence electrons. The topological polar surface area (TPSA) is 0 Å². The van der Waals surface area contributed by atoms with Gasteiger partial charge in [0.15, 0.2) is 0 Å². The van der Waals surface area contributed by atoms with Crippen LogP contribution in [0.4, 0.5) is 0 Å². The Hall–Kier alpha value is -1.56. The number of benzene rings is 2. The Balaban J connectivity index is 2.33. The van der Waals surface area contributed by atoms with Gasteiger partial charge in [0.05, 0.1) is 0 Å². The summed E-state index contributed by atoms with van der Waals surface area (Å²) < 4.78 is 0. The lowest BCUT2D eigenvalue weighted by molar-refractivity contribution is 0.179. The maximum Gasteiger partial charge on any atom is 0.0271 e. The molecule has 3 rings (SSSR count). The normalized spacial score (nSPS) is 16.3. The Bertz CT molecular complexity index is 743.